The maximum atomic E-state index is 11.8. The third-order valence-electron chi connectivity index (χ3n) is 2.56. The van der Waals surface area contributed by atoms with Crippen molar-refractivity contribution in [2.45, 2.75) is 0 Å². The minimum absolute atomic E-state index is 0.0597. The molecule has 0 spiro atoms. The van der Waals surface area contributed by atoms with E-state index in [1.807, 2.05) is 0 Å². The van der Waals surface area contributed by atoms with Gasteiger partial charge in [0, 0.05) is 23.8 Å². The van der Waals surface area contributed by atoms with Gasteiger partial charge in [0.2, 0.25) is 0 Å². The highest BCUT2D eigenvalue weighted by atomic mass is 16.6. The average molecular weight is 301 g/mol. The fraction of sp³-hybridized carbons (Fsp3) is 0. The first-order chi connectivity index (χ1) is 10.6. The van der Waals surface area contributed by atoms with E-state index in [-0.39, 0.29) is 11.3 Å². The topological polar surface area (TPSA) is 114 Å². The number of nitrogens with one attached hydrogen (secondary N) is 2. The summed E-state index contributed by atoms with van der Waals surface area (Å²) in [5.41, 5.74) is 4.16. The molecule has 0 unspecified atom stereocenters. The van der Waals surface area contributed by atoms with Crippen LogP contribution in [0.15, 0.2) is 53.2 Å². The second-order valence-electron chi connectivity index (χ2n) is 4.10. The summed E-state index contributed by atoms with van der Waals surface area (Å²) in [6, 6.07) is 8.48. The van der Waals surface area contributed by atoms with Crippen LogP contribution in [0.2, 0.25) is 0 Å². The van der Waals surface area contributed by atoms with Gasteiger partial charge in [-0.3, -0.25) is 30.6 Å². The Morgan fingerprint density at radius 1 is 1.18 bits per heavy atom. The summed E-state index contributed by atoms with van der Waals surface area (Å²) in [6.07, 6.45) is 4.06. The number of rotatable bonds is 4. The molecule has 112 valence electrons. The Morgan fingerprint density at radius 2 is 2.00 bits per heavy atom. The first-order valence-electron chi connectivity index (χ1n) is 6.12. The maximum Gasteiger partial charge on any atom is 0.270 e. The molecular weight excluding hydrogens is 290 g/mol. The average Bonchev–Trinajstić information content (AvgIpc) is 3.04. The smallest absolute Gasteiger partial charge is 0.270 e. The zero-order valence-corrected chi connectivity index (χ0v) is 11.2. The van der Waals surface area contributed by atoms with Crippen LogP contribution in [0.1, 0.15) is 16.1 Å². The molecule has 1 aromatic carbocycles. The molecule has 0 radical (unpaired) electrons. The Balaban J connectivity index is 1.91. The van der Waals surface area contributed by atoms with Crippen LogP contribution in [-0.4, -0.2) is 16.7 Å². The van der Waals surface area contributed by atoms with Crippen molar-refractivity contribution in [3.8, 4) is 0 Å². The fourth-order valence-electron chi connectivity index (χ4n) is 1.54. The van der Waals surface area contributed by atoms with Gasteiger partial charge in [-0.25, -0.2) is 0 Å². The van der Waals surface area contributed by atoms with Gasteiger partial charge in [0.25, 0.3) is 17.5 Å². The fourth-order valence-corrected chi connectivity index (χ4v) is 1.54. The van der Waals surface area contributed by atoms with E-state index >= 15 is 0 Å². The first-order valence-corrected chi connectivity index (χ1v) is 6.12. The molecule has 22 heavy (non-hydrogen) atoms. The zero-order valence-electron chi connectivity index (χ0n) is 11.2. The zero-order chi connectivity index (χ0) is 15.9. The van der Waals surface area contributed by atoms with Gasteiger partial charge in [0.1, 0.15) is 5.76 Å². The van der Waals surface area contributed by atoms with Crippen LogP contribution in [0.4, 0.5) is 5.69 Å². The van der Waals surface area contributed by atoms with Gasteiger partial charge in [-0.05, 0) is 24.3 Å². The summed E-state index contributed by atoms with van der Waals surface area (Å²) in [6.45, 7) is 0. The quantitative estimate of drug-likeness (QED) is 0.506. The Hall–Kier alpha value is -3.42. The molecule has 2 amide bonds. The van der Waals surface area contributed by atoms with Gasteiger partial charge in [-0.15, -0.1) is 0 Å². The predicted octanol–water partition coefficient (Wildman–Crippen LogP) is 1.66. The summed E-state index contributed by atoms with van der Waals surface area (Å²) in [5.74, 6) is -0.751. The lowest BCUT2D eigenvalue weighted by Crippen LogP contribution is -2.40. The Labute approximate surface area is 124 Å². The molecule has 0 aliphatic heterocycles. The largest absolute Gasteiger partial charge is 0.465 e. The SMILES string of the molecule is O=C(/C=C/c1ccco1)NNC(=O)c1cccc([N+](=O)[O-])c1. The Bertz CT molecular complexity index is 722. The Kier molecular flexibility index (Phi) is 4.66. The van der Waals surface area contributed by atoms with Crippen LogP contribution < -0.4 is 10.9 Å². The number of hydrazine groups is 1. The minimum Gasteiger partial charge on any atom is -0.465 e. The van der Waals surface area contributed by atoms with Gasteiger partial charge in [0.05, 0.1) is 11.2 Å². The lowest BCUT2D eigenvalue weighted by atomic mass is 10.2. The highest BCUT2D eigenvalue weighted by Crippen LogP contribution is 2.12. The number of nitro groups is 1. The number of amides is 2. The van der Waals surface area contributed by atoms with Crippen LogP contribution in [-0.2, 0) is 4.79 Å². The van der Waals surface area contributed by atoms with Crippen molar-refractivity contribution < 1.29 is 18.9 Å². The maximum absolute atomic E-state index is 11.8. The summed E-state index contributed by atoms with van der Waals surface area (Å²) in [5, 5.41) is 10.6. The molecule has 0 saturated heterocycles. The van der Waals surface area contributed by atoms with E-state index in [2.05, 4.69) is 10.9 Å². The van der Waals surface area contributed by atoms with Crippen LogP contribution in [0.25, 0.3) is 6.08 Å². The third kappa shape index (κ3) is 4.04. The molecule has 2 aromatic rings. The van der Waals surface area contributed by atoms with Gasteiger partial charge in [-0.2, -0.15) is 0 Å². The number of non-ortho nitro benzene ring substituents is 1. The summed E-state index contributed by atoms with van der Waals surface area (Å²) in [7, 11) is 0. The molecule has 1 aromatic heterocycles. The number of nitro benzene ring substituents is 1. The standard InChI is InChI=1S/C14H11N3O5/c18-13(7-6-12-5-2-8-22-12)15-16-14(19)10-3-1-4-11(9-10)17(20)21/h1-9H,(H,15,18)(H,16,19)/b7-6+. The number of carbonyl (C=O) groups excluding carboxylic acids is 2. The number of benzene rings is 1. The molecule has 1 heterocycles. The number of hydrogen-bond donors (Lipinski definition) is 2. The van der Waals surface area contributed by atoms with E-state index in [0.717, 1.165) is 6.07 Å². The van der Waals surface area contributed by atoms with E-state index in [1.54, 1.807) is 12.1 Å². The predicted molar refractivity (Wildman–Crippen MR) is 76.4 cm³/mol. The van der Waals surface area contributed by atoms with E-state index in [0.29, 0.717) is 5.76 Å². The second kappa shape index (κ2) is 6.84. The van der Waals surface area contributed by atoms with Gasteiger partial charge in [0.15, 0.2) is 0 Å². The van der Waals surface area contributed by atoms with Crippen LogP contribution in [0, 0.1) is 10.1 Å². The molecule has 8 heteroatoms. The number of furan rings is 1. The monoisotopic (exact) mass is 301 g/mol. The number of nitrogens with zero attached hydrogens (tertiary/aromatic N) is 1. The molecule has 2 N–H and O–H groups in total. The highest BCUT2D eigenvalue weighted by Gasteiger charge is 2.11. The van der Waals surface area contributed by atoms with Gasteiger partial charge >= 0.3 is 0 Å². The van der Waals surface area contributed by atoms with E-state index in [1.165, 1.54) is 36.6 Å². The van der Waals surface area contributed by atoms with Crippen molar-refractivity contribution in [2.75, 3.05) is 0 Å². The summed E-state index contributed by atoms with van der Waals surface area (Å²) in [4.78, 5) is 33.3. The molecule has 0 aliphatic rings. The summed E-state index contributed by atoms with van der Waals surface area (Å²) >= 11 is 0. The minimum atomic E-state index is -0.663. The lowest BCUT2D eigenvalue weighted by Gasteiger charge is -2.04. The first kappa shape index (κ1) is 15.0. The van der Waals surface area contributed by atoms with Crippen LogP contribution in [0.5, 0.6) is 0 Å². The van der Waals surface area contributed by atoms with Crippen molar-refractivity contribution in [1.82, 2.24) is 10.9 Å². The third-order valence-corrected chi connectivity index (χ3v) is 2.56. The van der Waals surface area contributed by atoms with Crippen LogP contribution in [0.3, 0.4) is 0 Å². The molecule has 0 fully saturated rings. The molecule has 2 rings (SSSR count). The van der Waals surface area contributed by atoms with Crippen molar-refractivity contribution >= 4 is 23.6 Å². The number of carbonyl (C=O) groups is 2. The van der Waals surface area contributed by atoms with Crippen molar-refractivity contribution in [1.29, 1.82) is 0 Å². The molecule has 0 bridgehead atoms. The lowest BCUT2D eigenvalue weighted by molar-refractivity contribution is -0.384. The molecule has 8 nitrogen and oxygen atoms in total. The Morgan fingerprint density at radius 3 is 2.68 bits per heavy atom. The molecule has 0 saturated carbocycles. The normalized spacial score (nSPS) is 10.4. The number of hydrogen-bond acceptors (Lipinski definition) is 5. The highest BCUT2D eigenvalue weighted by molar-refractivity contribution is 5.98. The van der Waals surface area contributed by atoms with Crippen molar-refractivity contribution in [3.63, 3.8) is 0 Å². The second-order valence-corrected chi connectivity index (χ2v) is 4.10. The van der Waals surface area contributed by atoms with Crippen molar-refractivity contribution in [3.05, 3.63) is 70.2 Å². The van der Waals surface area contributed by atoms with Crippen molar-refractivity contribution in [2.24, 2.45) is 0 Å². The van der Waals surface area contributed by atoms with E-state index in [4.69, 9.17) is 4.42 Å². The van der Waals surface area contributed by atoms with Crippen LogP contribution >= 0.6 is 0 Å². The molecule has 0 atom stereocenters. The van der Waals surface area contributed by atoms with E-state index < -0.39 is 16.7 Å². The van der Waals surface area contributed by atoms with E-state index in [9.17, 15) is 19.7 Å². The van der Waals surface area contributed by atoms with Gasteiger partial charge < -0.3 is 4.42 Å². The molecule has 0 aliphatic carbocycles. The van der Waals surface area contributed by atoms with Gasteiger partial charge in [-0.1, -0.05) is 6.07 Å². The summed E-state index contributed by atoms with van der Waals surface area (Å²) < 4.78 is 5.00. The molecular formula is C14H11N3O5.